The van der Waals surface area contributed by atoms with Gasteiger partial charge in [0.05, 0.1) is 22.9 Å². The molecule has 2 aromatic carbocycles. The van der Waals surface area contributed by atoms with E-state index in [1.165, 1.54) is 6.42 Å². The Bertz CT molecular complexity index is 1100. The summed E-state index contributed by atoms with van der Waals surface area (Å²) < 4.78 is 6.77. The number of anilines is 1. The zero-order valence-electron chi connectivity index (χ0n) is 15.9. The van der Waals surface area contributed by atoms with E-state index in [4.69, 9.17) is 9.72 Å². The normalized spacial score (nSPS) is 25.1. The predicted octanol–water partition coefficient (Wildman–Crippen LogP) is 3.10. The van der Waals surface area contributed by atoms with Gasteiger partial charge in [-0.2, -0.15) is 0 Å². The number of nitrogens with zero attached hydrogens (tertiary/aromatic N) is 2. The minimum Gasteiger partial charge on any atom is -0.493 e. The van der Waals surface area contributed by atoms with Crippen molar-refractivity contribution in [1.82, 2.24) is 15.6 Å². The lowest BCUT2D eigenvalue weighted by Crippen LogP contribution is -2.43. The van der Waals surface area contributed by atoms with Gasteiger partial charge in [-0.3, -0.25) is 4.79 Å². The average Bonchev–Trinajstić information content (AvgIpc) is 3.48. The molecule has 0 saturated carbocycles. The lowest BCUT2D eigenvalue weighted by molar-refractivity contribution is 0.0925. The number of carbonyl (C=O) groups excluding carboxylic acids is 1. The molecule has 3 aliphatic heterocycles. The monoisotopic (exact) mass is 406 g/mol. The van der Waals surface area contributed by atoms with Crippen LogP contribution in [0.4, 0.5) is 5.13 Å². The summed E-state index contributed by atoms with van der Waals surface area (Å²) in [6.07, 6.45) is 1.98. The summed E-state index contributed by atoms with van der Waals surface area (Å²) in [5, 5.41) is 7.79. The standard InChI is InChI=1S/C22H22N4O2S/c27-21(24-17-7-8-28-19-4-2-1-3-16(17)19)13-5-6-18-20(9-13)29-22(25-18)26-12-14-10-15(26)11-23-14/h1-6,9,14-15,17,23H,7-8,10-12H2,(H,24,27)/t14-,15-,17-/m0/s1. The van der Waals surface area contributed by atoms with Gasteiger partial charge in [0, 0.05) is 42.7 Å². The smallest absolute Gasteiger partial charge is 0.251 e. The van der Waals surface area contributed by atoms with Crippen molar-refractivity contribution < 1.29 is 9.53 Å². The van der Waals surface area contributed by atoms with Gasteiger partial charge in [-0.15, -0.1) is 0 Å². The molecule has 2 bridgehead atoms. The Labute approximate surface area is 172 Å². The second kappa shape index (κ2) is 6.71. The lowest BCUT2D eigenvalue weighted by atomic mass is 10.00. The zero-order valence-corrected chi connectivity index (χ0v) is 16.7. The van der Waals surface area contributed by atoms with Gasteiger partial charge < -0.3 is 20.3 Å². The van der Waals surface area contributed by atoms with Gasteiger partial charge in [0.15, 0.2) is 5.13 Å². The SMILES string of the molecule is O=C(N[C@H]1CCOc2ccccc21)c1ccc2nc(N3C[C@@H]4C[C@H]3CN4)sc2c1. The van der Waals surface area contributed by atoms with Gasteiger partial charge in [-0.1, -0.05) is 29.5 Å². The molecular weight excluding hydrogens is 384 g/mol. The summed E-state index contributed by atoms with van der Waals surface area (Å²) in [5.74, 6) is 0.814. The highest BCUT2D eigenvalue weighted by atomic mass is 32.1. The number of ether oxygens (including phenoxy) is 1. The van der Waals surface area contributed by atoms with Crippen molar-refractivity contribution in [3.63, 3.8) is 0 Å². The minimum absolute atomic E-state index is 0.0205. The molecule has 6 rings (SSSR count). The number of aromatic nitrogens is 1. The molecule has 0 spiro atoms. The van der Waals surface area contributed by atoms with Crippen LogP contribution in [0.15, 0.2) is 42.5 Å². The Kier molecular flexibility index (Phi) is 3.99. The third kappa shape index (κ3) is 2.96. The van der Waals surface area contributed by atoms with Crippen LogP contribution in [0.3, 0.4) is 0 Å². The maximum atomic E-state index is 12.9. The quantitative estimate of drug-likeness (QED) is 0.700. The van der Waals surface area contributed by atoms with Gasteiger partial charge in [-0.05, 0) is 30.7 Å². The van der Waals surface area contributed by atoms with Crippen molar-refractivity contribution >= 4 is 32.6 Å². The number of fused-ring (bicyclic) bond motifs is 4. The maximum absolute atomic E-state index is 12.9. The molecule has 0 radical (unpaired) electrons. The number of rotatable bonds is 3. The van der Waals surface area contributed by atoms with Crippen molar-refractivity contribution in [3.8, 4) is 5.75 Å². The summed E-state index contributed by atoms with van der Waals surface area (Å²) >= 11 is 1.69. The molecule has 2 saturated heterocycles. The molecule has 0 aliphatic carbocycles. The van der Waals surface area contributed by atoms with E-state index in [1.54, 1.807) is 11.3 Å². The van der Waals surface area contributed by atoms with Crippen molar-refractivity contribution in [2.75, 3.05) is 24.6 Å². The summed E-state index contributed by atoms with van der Waals surface area (Å²) in [6.45, 7) is 2.69. The van der Waals surface area contributed by atoms with Crippen molar-refractivity contribution in [1.29, 1.82) is 0 Å². The Morgan fingerprint density at radius 1 is 1.28 bits per heavy atom. The molecule has 1 aromatic heterocycles. The van der Waals surface area contributed by atoms with E-state index in [0.29, 0.717) is 24.3 Å². The summed E-state index contributed by atoms with van der Waals surface area (Å²) in [4.78, 5) is 20.2. The van der Waals surface area contributed by atoms with E-state index in [9.17, 15) is 4.79 Å². The zero-order chi connectivity index (χ0) is 19.4. The molecule has 29 heavy (non-hydrogen) atoms. The number of carbonyl (C=O) groups is 1. The molecule has 2 fully saturated rings. The van der Waals surface area contributed by atoms with Gasteiger partial charge >= 0.3 is 0 Å². The first-order chi connectivity index (χ1) is 14.2. The van der Waals surface area contributed by atoms with Crippen LogP contribution in [0.2, 0.25) is 0 Å². The Morgan fingerprint density at radius 3 is 3.07 bits per heavy atom. The van der Waals surface area contributed by atoms with Gasteiger partial charge in [-0.25, -0.2) is 4.98 Å². The molecular formula is C22H22N4O2S. The van der Waals surface area contributed by atoms with E-state index in [0.717, 1.165) is 46.2 Å². The largest absolute Gasteiger partial charge is 0.493 e. The maximum Gasteiger partial charge on any atom is 0.251 e. The van der Waals surface area contributed by atoms with Crippen molar-refractivity contribution in [3.05, 3.63) is 53.6 Å². The third-order valence-electron chi connectivity index (χ3n) is 6.21. The van der Waals surface area contributed by atoms with Crippen molar-refractivity contribution in [2.24, 2.45) is 0 Å². The summed E-state index contributed by atoms with van der Waals surface area (Å²) in [7, 11) is 0. The van der Waals surface area contributed by atoms with Crippen LogP contribution in [0.1, 0.15) is 34.8 Å². The number of amides is 1. The highest BCUT2D eigenvalue weighted by Crippen LogP contribution is 2.36. The second-order valence-electron chi connectivity index (χ2n) is 8.03. The highest BCUT2D eigenvalue weighted by Gasteiger charge is 2.38. The van der Waals surface area contributed by atoms with Crippen LogP contribution in [-0.2, 0) is 0 Å². The Hall–Kier alpha value is -2.64. The molecule has 3 atom stereocenters. The van der Waals surface area contributed by atoms with Crippen LogP contribution in [0, 0.1) is 0 Å². The van der Waals surface area contributed by atoms with Crippen LogP contribution in [-0.4, -0.2) is 42.7 Å². The number of benzene rings is 2. The molecule has 4 heterocycles. The number of hydrogen-bond acceptors (Lipinski definition) is 6. The van der Waals surface area contributed by atoms with E-state index in [1.807, 2.05) is 42.5 Å². The predicted molar refractivity (Wildman–Crippen MR) is 114 cm³/mol. The van der Waals surface area contributed by atoms with Crippen LogP contribution >= 0.6 is 11.3 Å². The molecule has 3 aromatic rings. The van der Waals surface area contributed by atoms with Crippen molar-refractivity contribution in [2.45, 2.75) is 31.0 Å². The lowest BCUT2D eigenvalue weighted by Gasteiger charge is -2.26. The molecule has 148 valence electrons. The fraction of sp³-hybridized carbons (Fsp3) is 0.364. The Morgan fingerprint density at radius 2 is 2.21 bits per heavy atom. The second-order valence-corrected chi connectivity index (χ2v) is 9.04. The summed E-state index contributed by atoms with van der Waals surface area (Å²) in [5.41, 5.74) is 2.70. The number of piperazine rings is 1. The number of thiazole rings is 1. The molecule has 0 unspecified atom stereocenters. The molecule has 7 heteroatoms. The number of nitrogens with one attached hydrogen (secondary N) is 2. The molecule has 3 aliphatic rings. The van der Waals surface area contributed by atoms with Crippen LogP contribution in [0.25, 0.3) is 10.2 Å². The average molecular weight is 407 g/mol. The topological polar surface area (TPSA) is 66.5 Å². The summed E-state index contributed by atoms with van der Waals surface area (Å²) in [6, 6.07) is 14.9. The van der Waals surface area contributed by atoms with Gasteiger partial charge in [0.25, 0.3) is 5.91 Å². The fourth-order valence-electron chi connectivity index (χ4n) is 4.71. The minimum atomic E-state index is -0.0482. The van der Waals surface area contributed by atoms with E-state index in [2.05, 4.69) is 15.5 Å². The number of para-hydroxylation sites is 1. The molecule has 6 nitrogen and oxygen atoms in total. The molecule has 2 N–H and O–H groups in total. The fourth-order valence-corrected chi connectivity index (χ4v) is 5.79. The van der Waals surface area contributed by atoms with E-state index in [-0.39, 0.29) is 11.9 Å². The highest BCUT2D eigenvalue weighted by molar-refractivity contribution is 7.22. The first-order valence-electron chi connectivity index (χ1n) is 10.2. The number of hydrogen-bond donors (Lipinski definition) is 2. The van der Waals surface area contributed by atoms with E-state index >= 15 is 0 Å². The molecule has 1 amide bonds. The first-order valence-corrected chi connectivity index (χ1v) is 11.0. The van der Waals surface area contributed by atoms with E-state index < -0.39 is 0 Å². The third-order valence-corrected chi connectivity index (χ3v) is 7.26. The van der Waals surface area contributed by atoms with Gasteiger partial charge in [0.1, 0.15) is 5.75 Å². The van der Waals surface area contributed by atoms with Crippen LogP contribution in [0.5, 0.6) is 5.75 Å². The Balaban J connectivity index is 1.24. The van der Waals surface area contributed by atoms with Crippen LogP contribution < -0.4 is 20.3 Å². The first kappa shape index (κ1) is 17.2. The van der Waals surface area contributed by atoms with Gasteiger partial charge in [0.2, 0.25) is 0 Å².